The van der Waals surface area contributed by atoms with Gasteiger partial charge in [0.2, 0.25) is 10.0 Å². The van der Waals surface area contributed by atoms with E-state index in [1.54, 1.807) is 78.9 Å². The number of aryl methyl sites for hydroxylation is 1. The van der Waals surface area contributed by atoms with Crippen molar-refractivity contribution in [1.29, 1.82) is 0 Å². The third-order valence-corrected chi connectivity index (χ3v) is 5.71. The average molecular weight is 395 g/mol. The summed E-state index contributed by atoms with van der Waals surface area (Å²) in [4.78, 5) is 0.210. The number of nitrogens with one attached hydrogen (secondary N) is 1. The smallest absolute Gasteiger partial charge is 0.240 e. The van der Waals surface area contributed by atoms with E-state index in [1.807, 2.05) is 6.92 Å². The minimum Gasteiger partial charge on any atom is -0.508 e. The van der Waals surface area contributed by atoms with Crippen LogP contribution in [-0.4, -0.2) is 25.2 Å². The Balaban J connectivity index is 1.87. The van der Waals surface area contributed by atoms with Crippen molar-refractivity contribution in [3.8, 4) is 11.5 Å². The van der Waals surface area contributed by atoms with E-state index in [0.717, 1.165) is 22.3 Å². The van der Waals surface area contributed by atoms with Crippen LogP contribution in [0.1, 0.15) is 16.7 Å². The van der Waals surface area contributed by atoms with Gasteiger partial charge in [0.1, 0.15) is 11.5 Å². The van der Waals surface area contributed by atoms with Crippen LogP contribution in [0.4, 0.5) is 0 Å². The van der Waals surface area contributed by atoms with E-state index in [0.29, 0.717) is 0 Å². The van der Waals surface area contributed by atoms with Crippen LogP contribution in [0, 0.1) is 6.92 Å². The number of hydrogen-bond donors (Lipinski definition) is 3. The van der Waals surface area contributed by atoms with Crippen molar-refractivity contribution in [2.75, 3.05) is 6.54 Å². The Labute approximate surface area is 164 Å². The largest absolute Gasteiger partial charge is 0.508 e. The maximum atomic E-state index is 12.5. The molecule has 0 amide bonds. The van der Waals surface area contributed by atoms with E-state index < -0.39 is 10.0 Å². The van der Waals surface area contributed by atoms with Crippen molar-refractivity contribution in [2.45, 2.75) is 11.8 Å². The standard InChI is InChI=1S/C22H21NO4S/c1-16-2-12-21(13-3-16)28(26,27)23-15-14-22(17-4-8-19(24)9-5-17)18-6-10-20(25)11-7-18/h2-14,23-25H,15H2,1H3. The summed E-state index contributed by atoms with van der Waals surface area (Å²) < 4.78 is 27.5. The minimum absolute atomic E-state index is 0.0906. The van der Waals surface area contributed by atoms with Crippen LogP contribution in [0.2, 0.25) is 0 Å². The first-order valence-corrected chi connectivity index (χ1v) is 10.2. The number of sulfonamides is 1. The van der Waals surface area contributed by atoms with Gasteiger partial charge >= 0.3 is 0 Å². The number of benzene rings is 3. The third kappa shape index (κ3) is 4.79. The Bertz CT molecular complexity index is 1020. The Hall–Kier alpha value is -3.09. The second-order valence-electron chi connectivity index (χ2n) is 6.38. The van der Waals surface area contributed by atoms with Crippen LogP contribution >= 0.6 is 0 Å². The van der Waals surface area contributed by atoms with E-state index in [-0.39, 0.29) is 22.9 Å². The van der Waals surface area contributed by atoms with Gasteiger partial charge in [-0.15, -0.1) is 0 Å². The van der Waals surface area contributed by atoms with E-state index in [4.69, 9.17) is 0 Å². The van der Waals surface area contributed by atoms with Gasteiger partial charge in [-0.2, -0.15) is 0 Å². The summed E-state index contributed by atoms with van der Waals surface area (Å²) >= 11 is 0. The average Bonchev–Trinajstić information content (AvgIpc) is 2.67. The lowest BCUT2D eigenvalue weighted by Gasteiger charge is -2.11. The van der Waals surface area contributed by atoms with E-state index in [9.17, 15) is 18.6 Å². The zero-order chi connectivity index (χ0) is 20.1. The summed E-state index contributed by atoms with van der Waals surface area (Å²) in [7, 11) is -3.63. The minimum atomic E-state index is -3.63. The van der Waals surface area contributed by atoms with E-state index in [1.165, 1.54) is 0 Å². The first-order chi connectivity index (χ1) is 13.3. The highest BCUT2D eigenvalue weighted by atomic mass is 32.2. The van der Waals surface area contributed by atoms with Gasteiger partial charge in [-0.25, -0.2) is 13.1 Å². The number of hydrogen-bond acceptors (Lipinski definition) is 4. The predicted octanol–water partition coefficient (Wildman–Crippen LogP) is 3.82. The maximum absolute atomic E-state index is 12.5. The topological polar surface area (TPSA) is 86.6 Å². The lowest BCUT2D eigenvalue weighted by Crippen LogP contribution is -2.24. The fourth-order valence-corrected chi connectivity index (χ4v) is 3.70. The van der Waals surface area contributed by atoms with Gasteiger partial charge in [0.05, 0.1) is 4.90 Å². The molecule has 0 saturated heterocycles. The molecular formula is C22H21NO4S. The molecule has 5 nitrogen and oxygen atoms in total. The second-order valence-corrected chi connectivity index (χ2v) is 8.14. The quantitative estimate of drug-likeness (QED) is 0.592. The molecule has 3 N–H and O–H groups in total. The summed E-state index contributed by atoms with van der Waals surface area (Å²) in [5.41, 5.74) is 3.41. The van der Waals surface area contributed by atoms with Crippen molar-refractivity contribution < 1.29 is 18.6 Å². The highest BCUT2D eigenvalue weighted by Gasteiger charge is 2.13. The molecule has 0 fully saturated rings. The molecule has 144 valence electrons. The van der Waals surface area contributed by atoms with Crippen molar-refractivity contribution in [2.24, 2.45) is 0 Å². The van der Waals surface area contributed by atoms with Crippen LogP contribution in [-0.2, 0) is 10.0 Å². The van der Waals surface area contributed by atoms with Gasteiger partial charge in [-0.3, -0.25) is 0 Å². The van der Waals surface area contributed by atoms with Crippen LogP contribution in [0.3, 0.4) is 0 Å². The molecule has 3 aromatic rings. The summed E-state index contributed by atoms with van der Waals surface area (Å²) in [6, 6.07) is 19.9. The summed E-state index contributed by atoms with van der Waals surface area (Å²) in [6.07, 6.45) is 1.77. The fraction of sp³-hybridized carbons (Fsp3) is 0.0909. The zero-order valence-electron chi connectivity index (χ0n) is 15.3. The molecule has 0 saturated carbocycles. The molecule has 3 rings (SSSR count). The summed E-state index contributed by atoms with van der Waals surface area (Å²) in [5.74, 6) is 0.294. The predicted molar refractivity (Wildman–Crippen MR) is 110 cm³/mol. The summed E-state index contributed by atoms with van der Waals surface area (Å²) in [6.45, 7) is 1.99. The van der Waals surface area contributed by atoms with Crippen molar-refractivity contribution >= 4 is 15.6 Å². The lowest BCUT2D eigenvalue weighted by molar-refractivity contribution is 0.475. The first kappa shape index (κ1) is 19.7. The fourth-order valence-electron chi connectivity index (χ4n) is 2.74. The number of aromatic hydroxyl groups is 2. The van der Waals surface area contributed by atoms with Gasteiger partial charge in [0.15, 0.2) is 0 Å². The highest BCUT2D eigenvalue weighted by molar-refractivity contribution is 7.89. The molecule has 0 atom stereocenters. The third-order valence-electron chi connectivity index (χ3n) is 4.27. The Morgan fingerprint density at radius 1 is 0.821 bits per heavy atom. The Morgan fingerprint density at radius 2 is 1.29 bits per heavy atom. The van der Waals surface area contributed by atoms with Gasteiger partial charge in [-0.05, 0) is 60.0 Å². The number of phenolic OH excluding ortho intramolecular Hbond substituents is 2. The van der Waals surface area contributed by atoms with E-state index in [2.05, 4.69) is 4.72 Å². The molecule has 0 spiro atoms. The Morgan fingerprint density at radius 3 is 1.75 bits per heavy atom. The second kappa shape index (κ2) is 8.29. The molecule has 3 aromatic carbocycles. The SMILES string of the molecule is Cc1ccc(S(=O)(=O)NCC=C(c2ccc(O)cc2)c2ccc(O)cc2)cc1. The van der Waals surface area contributed by atoms with Gasteiger partial charge in [0.25, 0.3) is 0 Å². The molecule has 0 aromatic heterocycles. The van der Waals surface area contributed by atoms with Crippen molar-refractivity contribution in [1.82, 2.24) is 4.72 Å². The molecule has 0 aliphatic rings. The number of rotatable bonds is 6. The van der Waals surface area contributed by atoms with E-state index >= 15 is 0 Å². The van der Waals surface area contributed by atoms with Crippen LogP contribution in [0.5, 0.6) is 11.5 Å². The molecule has 0 heterocycles. The van der Waals surface area contributed by atoms with Gasteiger partial charge in [-0.1, -0.05) is 48.0 Å². The lowest BCUT2D eigenvalue weighted by atomic mass is 9.97. The molecule has 0 aliphatic heterocycles. The highest BCUT2D eigenvalue weighted by Crippen LogP contribution is 2.26. The Kier molecular flexibility index (Phi) is 5.82. The molecule has 6 heteroatoms. The molecule has 0 radical (unpaired) electrons. The van der Waals surface area contributed by atoms with Crippen LogP contribution < -0.4 is 4.72 Å². The first-order valence-electron chi connectivity index (χ1n) is 8.70. The monoisotopic (exact) mass is 395 g/mol. The van der Waals surface area contributed by atoms with Gasteiger partial charge < -0.3 is 10.2 Å². The molecule has 28 heavy (non-hydrogen) atoms. The number of phenols is 2. The van der Waals surface area contributed by atoms with Gasteiger partial charge in [0, 0.05) is 6.54 Å². The van der Waals surface area contributed by atoms with Crippen molar-refractivity contribution in [3.05, 3.63) is 95.6 Å². The van der Waals surface area contributed by atoms with Crippen molar-refractivity contribution in [3.63, 3.8) is 0 Å². The van der Waals surface area contributed by atoms with Crippen LogP contribution in [0.25, 0.3) is 5.57 Å². The van der Waals surface area contributed by atoms with Crippen LogP contribution in [0.15, 0.2) is 83.8 Å². The molecular weight excluding hydrogens is 374 g/mol. The molecule has 0 unspecified atom stereocenters. The zero-order valence-corrected chi connectivity index (χ0v) is 16.1. The maximum Gasteiger partial charge on any atom is 0.240 e. The normalized spacial score (nSPS) is 11.2. The molecule has 0 bridgehead atoms. The molecule has 0 aliphatic carbocycles. The summed E-state index contributed by atoms with van der Waals surface area (Å²) in [5, 5.41) is 19.1.